The average molecular weight is 247 g/mol. The van der Waals surface area contributed by atoms with Gasteiger partial charge in [0.05, 0.1) is 34.1 Å². The Morgan fingerprint density at radius 2 is 1.33 bits per heavy atom. The van der Waals surface area contributed by atoms with Gasteiger partial charge in [0.2, 0.25) is 0 Å². The van der Waals surface area contributed by atoms with E-state index >= 15 is 0 Å². The van der Waals surface area contributed by atoms with Crippen molar-refractivity contribution >= 4 is 28.3 Å². The number of nitrogens with two attached hydrogens (primary N) is 7. The molecule has 0 aliphatic heterocycles. The molecule has 0 fully saturated rings. The standard InChI is InChI=1S/C11H17N7/c12-5-1-3(7(14)9(5)16)4-2-6(13)10(17)11(18)8(4)15/h2H,1,12-18H2. The minimum absolute atomic E-state index is 0.245. The zero-order valence-electron chi connectivity index (χ0n) is 9.83. The van der Waals surface area contributed by atoms with E-state index in [0.29, 0.717) is 40.5 Å². The first-order valence-electron chi connectivity index (χ1n) is 5.31. The van der Waals surface area contributed by atoms with Gasteiger partial charge in [-0.05, 0) is 11.6 Å². The molecule has 1 aliphatic carbocycles. The van der Waals surface area contributed by atoms with Crippen LogP contribution in [0.4, 0.5) is 22.7 Å². The third-order valence-corrected chi connectivity index (χ3v) is 3.13. The fourth-order valence-corrected chi connectivity index (χ4v) is 1.96. The van der Waals surface area contributed by atoms with Crippen LogP contribution in [0.2, 0.25) is 0 Å². The summed E-state index contributed by atoms with van der Waals surface area (Å²) < 4.78 is 0. The molecular formula is C11H17N7. The molecule has 1 aliphatic rings. The van der Waals surface area contributed by atoms with E-state index in [2.05, 4.69) is 0 Å². The van der Waals surface area contributed by atoms with Crippen molar-refractivity contribution in [2.45, 2.75) is 6.42 Å². The molecule has 0 spiro atoms. The summed E-state index contributed by atoms with van der Waals surface area (Å²) in [4.78, 5) is 0. The summed E-state index contributed by atoms with van der Waals surface area (Å²) in [6.07, 6.45) is 0.421. The Kier molecular flexibility index (Phi) is 2.39. The molecule has 14 N–H and O–H groups in total. The quantitative estimate of drug-likeness (QED) is 0.317. The van der Waals surface area contributed by atoms with E-state index in [9.17, 15) is 0 Å². The fraction of sp³-hybridized carbons (Fsp3) is 0.0909. The lowest BCUT2D eigenvalue weighted by Gasteiger charge is -2.14. The van der Waals surface area contributed by atoms with Crippen molar-refractivity contribution in [3.05, 3.63) is 28.7 Å². The number of hydrogen-bond donors (Lipinski definition) is 7. The SMILES string of the molecule is NC1=C(N)C(N)=C(c2cc(N)c(N)c(N)c2N)C1. The topological polar surface area (TPSA) is 182 Å². The number of hydrogen-bond acceptors (Lipinski definition) is 7. The predicted molar refractivity (Wildman–Crippen MR) is 75.2 cm³/mol. The van der Waals surface area contributed by atoms with Crippen LogP contribution in [0.15, 0.2) is 23.2 Å². The molecule has 0 saturated heterocycles. The molecule has 96 valence electrons. The largest absolute Gasteiger partial charge is 0.400 e. The smallest absolute Gasteiger partial charge is 0.0809 e. The Bertz CT molecular complexity index is 598. The summed E-state index contributed by atoms with van der Waals surface area (Å²) in [6, 6.07) is 1.63. The minimum Gasteiger partial charge on any atom is -0.400 e. The van der Waals surface area contributed by atoms with E-state index in [0.717, 1.165) is 5.57 Å². The number of benzene rings is 1. The van der Waals surface area contributed by atoms with E-state index in [1.807, 2.05) is 0 Å². The Balaban J connectivity index is 2.63. The van der Waals surface area contributed by atoms with Crippen LogP contribution in [0.3, 0.4) is 0 Å². The second-order valence-corrected chi connectivity index (χ2v) is 4.26. The van der Waals surface area contributed by atoms with Gasteiger partial charge in [-0.3, -0.25) is 0 Å². The first-order valence-corrected chi connectivity index (χ1v) is 5.31. The van der Waals surface area contributed by atoms with Crippen LogP contribution in [-0.4, -0.2) is 0 Å². The van der Waals surface area contributed by atoms with Crippen molar-refractivity contribution in [2.75, 3.05) is 22.9 Å². The summed E-state index contributed by atoms with van der Waals surface area (Å²) in [5, 5.41) is 0. The van der Waals surface area contributed by atoms with Crippen molar-refractivity contribution in [3.8, 4) is 0 Å². The van der Waals surface area contributed by atoms with E-state index in [1.165, 1.54) is 0 Å². The summed E-state index contributed by atoms with van der Waals surface area (Å²) in [5.41, 5.74) is 44.4. The first kappa shape index (κ1) is 11.8. The maximum absolute atomic E-state index is 5.93. The number of anilines is 4. The highest BCUT2D eigenvalue weighted by Gasteiger charge is 2.23. The molecule has 0 amide bonds. The molecule has 0 bridgehead atoms. The van der Waals surface area contributed by atoms with Crippen LogP contribution in [0.25, 0.3) is 5.57 Å². The normalized spacial score (nSPS) is 15.6. The maximum atomic E-state index is 5.93. The molecule has 0 radical (unpaired) electrons. The number of rotatable bonds is 1. The third kappa shape index (κ3) is 1.45. The Labute approximate surface area is 104 Å². The van der Waals surface area contributed by atoms with Crippen LogP contribution in [0.5, 0.6) is 0 Å². The van der Waals surface area contributed by atoms with Crippen molar-refractivity contribution in [2.24, 2.45) is 17.2 Å². The Hall–Kier alpha value is -2.70. The Morgan fingerprint density at radius 1 is 0.722 bits per heavy atom. The molecule has 0 atom stereocenters. The molecule has 0 saturated carbocycles. The molecular weight excluding hydrogens is 230 g/mol. The fourth-order valence-electron chi connectivity index (χ4n) is 1.96. The molecule has 1 aromatic carbocycles. The van der Waals surface area contributed by atoms with Gasteiger partial charge in [0.1, 0.15) is 0 Å². The summed E-state index contributed by atoms with van der Waals surface area (Å²) >= 11 is 0. The second-order valence-electron chi connectivity index (χ2n) is 4.26. The van der Waals surface area contributed by atoms with E-state index < -0.39 is 0 Å². The van der Waals surface area contributed by atoms with Gasteiger partial charge in [0, 0.05) is 17.7 Å². The van der Waals surface area contributed by atoms with Gasteiger partial charge in [0.15, 0.2) is 0 Å². The van der Waals surface area contributed by atoms with E-state index in [1.54, 1.807) is 6.07 Å². The van der Waals surface area contributed by atoms with Crippen LogP contribution >= 0.6 is 0 Å². The van der Waals surface area contributed by atoms with Crippen molar-refractivity contribution in [3.63, 3.8) is 0 Å². The summed E-state index contributed by atoms with van der Waals surface area (Å²) in [7, 11) is 0. The van der Waals surface area contributed by atoms with Gasteiger partial charge in [0.25, 0.3) is 0 Å². The highest BCUT2D eigenvalue weighted by molar-refractivity contribution is 5.96. The molecule has 0 heterocycles. The van der Waals surface area contributed by atoms with Gasteiger partial charge in [-0.1, -0.05) is 0 Å². The highest BCUT2D eigenvalue weighted by atomic mass is 14.8. The second kappa shape index (κ2) is 3.66. The van der Waals surface area contributed by atoms with Crippen LogP contribution in [-0.2, 0) is 0 Å². The van der Waals surface area contributed by atoms with Crippen LogP contribution in [0.1, 0.15) is 12.0 Å². The number of nitrogen functional groups attached to an aromatic ring is 4. The summed E-state index contributed by atoms with van der Waals surface area (Å²) in [6.45, 7) is 0. The van der Waals surface area contributed by atoms with Crippen molar-refractivity contribution < 1.29 is 0 Å². The maximum Gasteiger partial charge on any atom is 0.0809 e. The van der Waals surface area contributed by atoms with Gasteiger partial charge in [-0.2, -0.15) is 0 Å². The molecule has 0 aromatic heterocycles. The highest BCUT2D eigenvalue weighted by Crippen LogP contribution is 2.40. The first-order chi connectivity index (χ1) is 8.34. The lowest BCUT2D eigenvalue weighted by atomic mass is 9.98. The van der Waals surface area contributed by atoms with Gasteiger partial charge >= 0.3 is 0 Å². The zero-order chi connectivity index (χ0) is 13.6. The average Bonchev–Trinajstić information content (AvgIpc) is 2.59. The zero-order valence-corrected chi connectivity index (χ0v) is 9.83. The lowest BCUT2D eigenvalue weighted by Crippen LogP contribution is -2.11. The van der Waals surface area contributed by atoms with Crippen molar-refractivity contribution in [1.29, 1.82) is 0 Å². The Morgan fingerprint density at radius 3 is 1.83 bits per heavy atom. The molecule has 7 heteroatoms. The third-order valence-electron chi connectivity index (χ3n) is 3.13. The predicted octanol–water partition coefficient (Wildman–Crippen LogP) is -0.782. The van der Waals surface area contributed by atoms with E-state index in [-0.39, 0.29) is 11.4 Å². The van der Waals surface area contributed by atoms with E-state index in [4.69, 9.17) is 40.1 Å². The molecule has 2 rings (SSSR count). The van der Waals surface area contributed by atoms with Gasteiger partial charge in [-0.25, -0.2) is 0 Å². The molecule has 0 unspecified atom stereocenters. The minimum atomic E-state index is 0.245. The lowest BCUT2D eigenvalue weighted by molar-refractivity contribution is 1.15. The van der Waals surface area contributed by atoms with Crippen LogP contribution in [0, 0.1) is 0 Å². The molecule has 1 aromatic rings. The van der Waals surface area contributed by atoms with Gasteiger partial charge < -0.3 is 40.1 Å². The van der Waals surface area contributed by atoms with Gasteiger partial charge in [-0.15, -0.1) is 0 Å². The van der Waals surface area contributed by atoms with Crippen LogP contribution < -0.4 is 40.1 Å². The monoisotopic (exact) mass is 247 g/mol. The molecule has 18 heavy (non-hydrogen) atoms. The van der Waals surface area contributed by atoms with Crippen molar-refractivity contribution in [1.82, 2.24) is 0 Å². The number of allylic oxidation sites excluding steroid dienone is 1. The molecule has 7 nitrogen and oxygen atoms in total. The summed E-state index contributed by atoms with van der Waals surface area (Å²) in [5.74, 6) is 0.